The molecule has 3 heterocycles. The monoisotopic (exact) mass is 742 g/mol. The average Bonchev–Trinajstić information content (AvgIpc) is 3.56. The Hall–Kier alpha value is -3.48. The maximum absolute atomic E-state index is 13.7. The summed E-state index contributed by atoms with van der Waals surface area (Å²) in [6, 6.07) is 14.9. The first kappa shape index (κ1) is 32.9. The number of nitrogens with zero attached hydrogens (tertiary/aromatic N) is 3. The average molecular weight is 744 g/mol. The fourth-order valence-corrected chi connectivity index (χ4v) is 7.77. The van der Waals surface area contributed by atoms with E-state index in [1.165, 1.54) is 0 Å². The van der Waals surface area contributed by atoms with Crippen LogP contribution in [0.5, 0.6) is 0 Å². The number of halogens is 2. The Morgan fingerprint density at radius 2 is 1.29 bits per heavy atom. The number of hydrogen-bond donors (Lipinski definition) is 3. The smallest absolute Gasteiger partial charge is 0.334 e. The third-order valence-electron chi connectivity index (χ3n) is 8.66. The molecule has 0 radical (unpaired) electrons. The van der Waals surface area contributed by atoms with Gasteiger partial charge in [-0.2, -0.15) is 0 Å². The van der Waals surface area contributed by atoms with Crippen LogP contribution in [0.15, 0.2) is 80.0 Å². The first-order valence-electron chi connectivity index (χ1n) is 15.1. The molecule has 3 aliphatic heterocycles. The Morgan fingerprint density at radius 1 is 0.711 bits per heavy atom. The number of carbonyl (C=O) groups is 4. The summed E-state index contributed by atoms with van der Waals surface area (Å²) in [4.78, 5) is 57.7. The van der Waals surface area contributed by atoms with Gasteiger partial charge >= 0.3 is 11.9 Å². The summed E-state index contributed by atoms with van der Waals surface area (Å²) in [6.07, 6.45) is 2.66. The van der Waals surface area contributed by atoms with E-state index in [2.05, 4.69) is 42.1 Å². The van der Waals surface area contributed by atoms with Gasteiger partial charge in [0.25, 0.3) is 0 Å². The molecule has 0 saturated carbocycles. The number of amides is 2. The molecule has 0 aromatic heterocycles. The second-order valence-corrected chi connectivity index (χ2v) is 13.2. The minimum Gasteiger partial charge on any atom is -0.478 e. The third kappa shape index (κ3) is 7.67. The van der Waals surface area contributed by atoms with Crippen LogP contribution in [0.2, 0.25) is 0 Å². The number of benzene rings is 2. The maximum Gasteiger partial charge on any atom is 0.334 e. The molecule has 0 aliphatic carbocycles. The van der Waals surface area contributed by atoms with Crippen molar-refractivity contribution in [3.05, 3.63) is 91.1 Å². The highest BCUT2D eigenvalue weighted by molar-refractivity contribution is 9.11. The predicted molar refractivity (Wildman–Crippen MR) is 175 cm³/mol. The lowest BCUT2D eigenvalue weighted by atomic mass is 9.78. The van der Waals surface area contributed by atoms with Gasteiger partial charge in [-0.05, 0) is 48.9 Å². The minimum atomic E-state index is -1.30. The lowest BCUT2D eigenvalue weighted by Gasteiger charge is -2.36. The molecule has 45 heavy (non-hydrogen) atoms. The summed E-state index contributed by atoms with van der Waals surface area (Å²) < 4.78 is 1.10. The quantitative estimate of drug-likeness (QED) is 0.328. The number of aryl methyl sites for hydroxylation is 1. The molecular formula is C33H36Br2N4O6. The third-order valence-corrected chi connectivity index (χ3v) is 10.0. The van der Waals surface area contributed by atoms with Crippen molar-refractivity contribution < 1.29 is 29.4 Å². The molecule has 12 heteroatoms. The number of likely N-dealkylation sites (tertiary alicyclic amines) is 1. The van der Waals surface area contributed by atoms with Gasteiger partial charge in [0.1, 0.15) is 0 Å². The number of carbonyl (C=O) groups excluding carboxylic acids is 2. The Bertz CT molecular complexity index is 1510. The van der Waals surface area contributed by atoms with Gasteiger partial charge in [0.2, 0.25) is 11.8 Å². The van der Waals surface area contributed by atoms with Crippen LogP contribution in [0, 0.1) is 0 Å². The van der Waals surface area contributed by atoms with Gasteiger partial charge in [0.15, 0.2) is 0 Å². The van der Waals surface area contributed by atoms with Crippen LogP contribution in [0.3, 0.4) is 0 Å². The van der Waals surface area contributed by atoms with Crippen LogP contribution in [0.4, 0.5) is 0 Å². The SMILES string of the molecule is O=C(O)C1=C(CCc2ccccc2)NC(CC(=O)N2CCN(CC(=O)N3CCCC3)CC2)=C(C(=O)O)C1c1c(Br)cccc1Br. The molecule has 1 atom stereocenters. The zero-order valence-electron chi connectivity index (χ0n) is 24.8. The van der Waals surface area contributed by atoms with Crippen molar-refractivity contribution in [3.8, 4) is 0 Å². The van der Waals surface area contributed by atoms with Gasteiger partial charge in [-0.15, -0.1) is 0 Å². The highest BCUT2D eigenvalue weighted by atomic mass is 79.9. The molecule has 2 aromatic rings. The van der Waals surface area contributed by atoms with Crippen LogP contribution >= 0.6 is 31.9 Å². The molecule has 5 rings (SSSR count). The van der Waals surface area contributed by atoms with Crippen molar-refractivity contribution in [2.24, 2.45) is 0 Å². The molecule has 2 saturated heterocycles. The number of hydrogen-bond acceptors (Lipinski definition) is 6. The molecule has 3 aliphatic rings. The molecule has 0 bridgehead atoms. The highest BCUT2D eigenvalue weighted by Gasteiger charge is 2.41. The van der Waals surface area contributed by atoms with Crippen molar-refractivity contribution >= 4 is 55.6 Å². The van der Waals surface area contributed by atoms with E-state index in [1.807, 2.05) is 35.2 Å². The van der Waals surface area contributed by atoms with Gasteiger partial charge in [0, 0.05) is 59.6 Å². The minimum absolute atomic E-state index is 0.0663. The molecule has 10 nitrogen and oxygen atoms in total. The molecule has 2 aromatic carbocycles. The van der Waals surface area contributed by atoms with E-state index in [4.69, 9.17) is 0 Å². The number of piperazine rings is 1. The van der Waals surface area contributed by atoms with E-state index in [1.54, 1.807) is 23.1 Å². The predicted octanol–water partition coefficient (Wildman–Crippen LogP) is 4.37. The van der Waals surface area contributed by atoms with Crippen LogP contribution in [0.25, 0.3) is 0 Å². The van der Waals surface area contributed by atoms with Crippen molar-refractivity contribution in [2.75, 3.05) is 45.8 Å². The summed E-state index contributed by atoms with van der Waals surface area (Å²) in [6.45, 7) is 3.84. The number of carboxylic acids is 2. The van der Waals surface area contributed by atoms with Crippen LogP contribution in [-0.2, 0) is 25.6 Å². The summed E-state index contributed by atoms with van der Waals surface area (Å²) >= 11 is 7.04. The van der Waals surface area contributed by atoms with E-state index in [0.717, 1.165) is 31.5 Å². The topological polar surface area (TPSA) is 130 Å². The number of carboxylic acid groups (broad SMARTS) is 2. The zero-order chi connectivity index (χ0) is 32.1. The Kier molecular flexibility index (Phi) is 10.8. The van der Waals surface area contributed by atoms with E-state index in [9.17, 15) is 29.4 Å². The number of aliphatic carboxylic acids is 2. The van der Waals surface area contributed by atoms with E-state index in [-0.39, 0.29) is 35.1 Å². The number of nitrogens with one attached hydrogen (secondary N) is 1. The fourth-order valence-electron chi connectivity index (χ4n) is 6.32. The van der Waals surface area contributed by atoms with Gasteiger partial charge < -0.3 is 25.3 Å². The van der Waals surface area contributed by atoms with Crippen LogP contribution < -0.4 is 5.32 Å². The van der Waals surface area contributed by atoms with Crippen LogP contribution in [0.1, 0.15) is 42.7 Å². The van der Waals surface area contributed by atoms with Crippen molar-refractivity contribution in [3.63, 3.8) is 0 Å². The Morgan fingerprint density at radius 3 is 1.89 bits per heavy atom. The normalized spacial score (nSPS) is 19.1. The molecular weight excluding hydrogens is 708 g/mol. The highest BCUT2D eigenvalue weighted by Crippen LogP contribution is 2.45. The largest absolute Gasteiger partial charge is 0.478 e. The maximum atomic E-state index is 13.7. The summed E-state index contributed by atoms with van der Waals surface area (Å²) in [5, 5.41) is 24.2. The second kappa shape index (κ2) is 14.7. The van der Waals surface area contributed by atoms with Gasteiger partial charge in [-0.25, -0.2) is 9.59 Å². The van der Waals surface area contributed by atoms with Gasteiger partial charge in [-0.1, -0.05) is 68.3 Å². The second-order valence-electron chi connectivity index (χ2n) is 11.5. The molecule has 238 valence electrons. The van der Waals surface area contributed by atoms with Crippen molar-refractivity contribution in [1.29, 1.82) is 0 Å². The Labute approximate surface area is 279 Å². The molecule has 1 unspecified atom stereocenters. The van der Waals surface area contributed by atoms with Crippen molar-refractivity contribution in [2.45, 2.75) is 38.0 Å². The first-order chi connectivity index (χ1) is 21.6. The van der Waals surface area contributed by atoms with Crippen LogP contribution in [-0.4, -0.2) is 94.5 Å². The summed E-state index contributed by atoms with van der Waals surface area (Å²) in [5.74, 6) is -3.82. The van der Waals surface area contributed by atoms with E-state index < -0.39 is 17.9 Å². The van der Waals surface area contributed by atoms with Gasteiger partial charge in [0.05, 0.1) is 30.0 Å². The first-order valence-corrected chi connectivity index (χ1v) is 16.7. The lowest BCUT2D eigenvalue weighted by molar-refractivity contribution is -0.135. The summed E-state index contributed by atoms with van der Waals surface area (Å²) in [5.41, 5.74) is 1.78. The molecule has 2 amide bonds. The molecule has 3 N–H and O–H groups in total. The number of dihydropyridines is 1. The number of allylic oxidation sites excluding steroid dienone is 1. The fraction of sp³-hybridized carbons (Fsp3) is 0.394. The molecule has 2 fully saturated rings. The number of rotatable bonds is 10. The standard InChI is InChI=1S/C33H36Br2N4O6/c34-22-9-6-10-23(35)28(22)31-29(32(42)43)24(12-11-21-7-2-1-3-8-21)36-25(30(31)33(44)45)19-26(40)39-17-15-37(16-18-39)20-27(41)38-13-4-5-14-38/h1-3,6-10,31,36H,4-5,11-20H2,(H,42,43)(H,44,45). The van der Waals surface area contributed by atoms with E-state index >= 15 is 0 Å². The van der Waals surface area contributed by atoms with Gasteiger partial charge in [-0.3, -0.25) is 14.5 Å². The lowest BCUT2D eigenvalue weighted by Crippen LogP contribution is -2.51. The zero-order valence-corrected chi connectivity index (χ0v) is 28.0. The molecule has 0 spiro atoms. The Balaban J connectivity index is 1.42. The van der Waals surface area contributed by atoms with Crippen molar-refractivity contribution in [1.82, 2.24) is 20.0 Å². The summed E-state index contributed by atoms with van der Waals surface area (Å²) in [7, 11) is 0. The van der Waals surface area contributed by atoms with E-state index in [0.29, 0.717) is 65.8 Å².